The van der Waals surface area contributed by atoms with Crippen LogP contribution in [0, 0.1) is 0 Å². The minimum Gasteiger partial charge on any atom is -0.497 e. The Morgan fingerprint density at radius 2 is 1.71 bits per heavy atom. The number of rotatable bonds is 7. The average molecular weight is 524 g/mol. The van der Waals surface area contributed by atoms with Crippen molar-refractivity contribution in [3.63, 3.8) is 0 Å². The van der Waals surface area contributed by atoms with Gasteiger partial charge in [0.05, 0.1) is 18.9 Å². The number of fused-ring (bicyclic) bond motifs is 1. The predicted molar refractivity (Wildman–Crippen MR) is 148 cm³/mol. The van der Waals surface area contributed by atoms with Crippen molar-refractivity contribution in [3.05, 3.63) is 119 Å². The smallest absolute Gasteiger partial charge is 0.343 e. The maximum absolute atomic E-state index is 13.2. The van der Waals surface area contributed by atoms with E-state index < -0.39 is 11.9 Å². The number of esters is 1. The molecule has 0 saturated carbocycles. The van der Waals surface area contributed by atoms with Crippen molar-refractivity contribution in [2.45, 2.75) is 0 Å². The number of nitrogens with zero attached hydrogens (tertiary/aromatic N) is 1. The Morgan fingerprint density at radius 3 is 2.53 bits per heavy atom. The van der Waals surface area contributed by atoms with Crippen LogP contribution in [0.2, 0.25) is 5.02 Å². The molecule has 38 heavy (non-hydrogen) atoms. The summed E-state index contributed by atoms with van der Waals surface area (Å²) in [6.07, 6.45) is 1.42. The Kier molecular flexibility index (Phi) is 7.19. The van der Waals surface area contributed by atoms with Gasteiger partial charge in [0, 0.05) is 27.1 Å². The lowest BCUT2D eigenvalue weighted by Crippen LogP contribution is -2.19. The molecule has 2 N–H and O–H groups in total. The first-order chi connectivity index (χ1) is 18.5. The van der Waals surface area contributed by atoms with Crippen molar-refractivity contribution in [1.82, 2.24) is 10.4 Å². The topological polar surface area (TPSA) is 92.8 Å². The van der Waals surface area contributed by atoms with E-state index in [9.17, 15) is 9.59 Å². The second-order valence-corrected chi connectivity index (χ2v) is 8.73. The number of H-pyrrole nitrogens is 1. The van der Waals surface area contributed by atoms with Gasteiger partial charge in [-0.15, -0.1) is 0 Å². The molecular weight excluding hydrogens is 502 g/mol. The lowest BCUT2D eigenvalue weighted by molar-refractivity contribution is 0.0733. The minimum absolute atomic E-state index is 0.295. The molecule has 0 saturated heterocycles. The second-order valence-electron chi connectivity index (χ2n) is 8.29. The van der Waals surface area contributed by atoms with E-state index in [1.54, 1.807) is 54.6 Å². The largest absolute Gasteiger partial charge is 0.497 e. The van der Waals surface area contributed by atoms with Crippen molar-refractivity contribution in [2.24, 2.45) is 5.10 Å². The molecule has 0 fully saturated rings. The van der Waals surface area contributed by atoms with Gasteiger partial charge in [-0.3, -0.25) is 4.79 Å². The van der Waals surface area contributed by atoms with Crippen LogP contribution in [-0.4, -0.2) is 30.2 Å². The molecule has 5 aromatic rings. The molecule has 1 amide bonds. The maximum Gasteiger partial charge on any atom is 0.343 e. The minimum atomic E-state index is -0.543. The van der Waals surface area contributed by atoms with E-state index in [1.807, 2.05) is 42.5 Å². The first-order valence-corrected chi connectivity index (χ1v) is 12.1. The standard InChI is InChI=1S/C30H22ClN3O4/c1-37-23-12-7-11-20(16-23)30(36)38-26-13-6-5-10-21(26)18-32-34-29(35)28-27(19-8-3-2-4-9-19)24-17-22(31)14-15-25(24)33-28/h2-18,33H,1H3,(H,34,35). The van der Waals surface area contributed by atoms with Crippen LogP contribution in [0.5, 0.6) is 11.5 Å². The third-order valence-electron chi connectivity index (χ3n) is 5.85. The van der Waals surface area contributed by atoms with E-state index >= 15 is 0 Å². The number of carbonyl (C=O) groups excluding carboxylic acids is 2. The summed E-state index contributed by atoms with van der Waals surface area (Å²) < 4.78 is 10.8. The number of ether oxygens (including phenoxy) is 2. The maximum atomic E-state index is 13.2. The van der Waals surface area contributed by atoms with Gasteiger partial charge < -0.3 is 14.5 Å². The molecule has 7 nitrogen and oxygen atoms in total. The van der Waals surface area contributed by atoms with Crippen molar-refractivity contribution < 1.29 is 19.1 Å². The predicted octanol–water partition coefficient (Wildman–Crippen LogP) is 6.48. The molecule has 8 heteroatoms. The highest BCUT2D eigenvalue weighted by molar-refractivity contribution is 6.31. The Bertz CT molecular complexity index is 1660. The number of para-hydroxylation sites is 1. The van der Waals surface area contributed by atoms with Crippen LogP contribution < -0.4 is 14.9 Å². The molecule has 0 bridgehead atoms. The Hall–Kier alpha value is -4.88. The van der Waals surface area contributed by atoms with Crippen LogP contribution in [0.3, 0.4) is 0 Å². The van der Waals surface area contributed by atoms with Crippen LogP contribution in [0.4, 0.5) is 0 Å². The van der Waals surface area contributed by atoms with Gasteiger partial charge in [0.15, 0.2) is 0 Å². The lowest BCUT2D eigenvalue weighted by Gasteiger charge is -2.08. The first-order valence-electron chi connectivity index (χ1n) is 11.7. The summed E-state index contributed by atoms with van der Waals surface area (Å²) in [4.78, 5) is 29.1. The highest BCUT2D eigenvalue weighted by Crippen LogP contribution is 2.34. The van der Waals surface area contributed by atoms with Gasteiger partial charge in [-0.1, -0.05) is 60.1 Å². The van der Waals surface area contributed by atoms with E-state index in [4.69, 9.17) is 21.1 Å². The molecule has 0 spiro atoms. The summed E-state index contributed by atoms with van der Waals surface area (Å²) in [5.41, 5.74) is 6.14. The SMILES string of the molecule is COc1cccc(C(=O)Oc2ccccc2C=NNC(=O)c2[nH]c3ccc(Cl)cc3c2-c2ccccc2)c1. The summed E-state index contributed by atoms with van der Waals surface area (Å²) in [5.74, 6) is -0.133. The average Bonchev–Trinajstić information content (AvgIpc) is 3.33. The van der Waals surface area contributed by atoms with Gasteiger partial charge in [0.1, 0.15) is 17.2 Å². The number of nitrogens with one attached hydrogen (secondary N) is 2. The highest BCUT2D eigenvalue weighted by Gasteiger charge is 2.19. The van der Waals surface area contributed by atoms with Crippen molar-refractivity contribution in [3.8, 4) is 22.6 Å². The van der Waals surface area contributed by atoms with Gasteiger partial charge in [0.25, 0.3) is 5.91 Å². The molecule has 4 aromatic carbocycles. The molecule has 1 heterocycles. The number of amides is 1. The van der Waals surface area contributed by atoms with E-state index in [0.717, 1.165) is 22.0 Å². The number of methoxy groups -OCH3 is 1. The van der Waals surface area contributed by atoms with Gasteiger partial charge in [-0.05, 0) is 54.1 Å². The molecule has 0 aliphatic heterocycles. The van der Waals surface area contributed by atoms with Crippen LogP contribution in [0.25, 0.3) is 22.0 Å². The molecule has 188 valence electrons. The van der Waals surface area contributed by atoms with E-state index in [2.05, 4.69) is 15.5 Å². The van der Waals surface area contributed by atoms with Crippen LogP contribution in [0.1, 0.15) is 26.4 Å². The molecule has 0 atom stereocenters. The zero-order valence-electron chi connectivity index (χ0n) is 20.3. The van der Waals surface area contributed by atoms with Crippen molar-refractivity contribution >= 4 is 40.6 Å². The zero-order chi connectivity index (χ0) is 26.5. The molecule has 0 aliphatic rings. The van der Waals surface area contributed by atoms with Gasteiger partial charge >= 0.3 is 5.97 Å². The monoisotopic (exact) mass is 523 g/mol. The number of aromatic nitrogens is 1. The van der Waals surface area contributed by atoms with Crippen molar-refractivity contribution in [2.75, 3.05) is 7.11 Å². The van der Waals surface area contributed by atoms with E-state index in [-0.39, 0.29) is 0 Å². The van der Waals surface area contributed by atoms with Crippen molar-refractivity contribution in [1.29, 1.82) is 0 Å². The zero-order valence-corrected chi connectivity index (χ0v) is 21.0. The van der Waals surface area contributed by atoms with Crippen LogP contribution in [-0.2, 0) is 0 Å². The first kappa shape index (κ1) is 24.8. The lowest BCUT2D eigenvalue weighted by atomic mass is 10.0. The number of hydrogen-bond acceptors (Lipinski definition) is 5. The third kappa shape index (κ3) is 5.28. The quantitative estimate of drug-likeness (QED) is 0.110. The molecule has 0 unspecified atom stereocenters. The second kappa shape index (κ2) is 11.0. The third-order valence-corrected chi connectivity index (χ3v) is 6.08. The summed E-state index contributed by atoms with van der Waals surface area (Å²) in [6, 6.07) is 28.6. The fourth-order valence-corrected chi connectivity index (χ4v) is 4.22. The number of hydrazone groups is 1. The Labute approximate surface area is 223 Å². The molecule has 1 aromatic heterocycles. The number of halogens is 1. The van der Waals surface area contributed by atoms with Gasteiger partial charge in [-0.25, -0.2) is 10.2 Å². The highest BCUT2D eigenvalue weighted by atomic mass is 35.5. The van der Waals surface area contributed by atoms with Crippen LogP contribution in [0.15, 0.2) is 102 Å². The number of benzene rings is 4. The van der Waals surface area contributed by atoms with Gasteiger partial charge in [0.2, 0.25) is 0 Å². The Morgan fingerprint density at radius 1 is 0.921 bits per heavy atom. The van der Waals surface area contributed by atoms with E-state index in [0.29, 0.717) is 33.3 Å². The van der Waals surface area contributed by atoms with Gasteiger partial charge in [-0.2, -0.15) is 5.10 Å². The normalized spacial score (nSPS) is 11.0. The van der Waals surface area contributed by atoms with E-state index in [1.165, 1.54) is 13.3 Å². The fourth-order valence-electron chi connectivity index (χ4n) is 4.04. The number of aromatic amines is 1. The summed E-state index contributed by atoms with van der Waals surface area (Å²) in [5, 5.41) is 5.52. The Balaban J connectivity index is 1.38. The number of carbonyl (C=O) groups is 2. The molecule has 0 radical (unpaired) electrons. The number of hydrogen-bond donors (Lipinski definition) is 2. The summed E-state index contributed by atoms with van der Waals surface area (Å²) >= 11 is 6.24. The molecule has 0 aliphatic carbocycles. The summed E-state index contributed by atoms with van der Waals surface area (Å²) in [6.45, 7) is 0. The fraction of sp³-hybridized carbons (Fsp3) is 0.0333. The van der Waals surface area contributed by atoms with Crippen LogP contribution >= 0.6 is 11.6 Å². The summed E-state index contributed by atoms with van der Waals surface area (Å²) in [7, 11) is 1.53. The molecule has 5 rings (SSSR count). The molecular formula is C30H22ClN3O4.